The van der Waals surface area contributed by atoms with Gasteiger partial charge in [-0.2, -0.15) is 10.1 Å². The van der Waals surface area contributed by atoms with Crippen molar-refractivity contribution < 1.29 is 28.5 Å². The van der Waals surface area contributed by atoms with Gasteiger partial charge in [0.1, 0.15) is 18.9 Å². The van der Waals surface area contributed by atoms with Gasteiger partial charge in [-0.25, -0.2) is 4.68 Å². The minimum Gasteiger partial charge on any atom is -0.493 e. The zero-order chi connectivity index (χ0) is 21.0. The minimum absolute atomic E-state index is 0.130. The number of hydrogen-bond acceptors (Lipinski definition) is 9. The lowest BCUT2D eigenvalue weighted by molar-refractivity contribution is -0.149. The van der Waals surface area contributed by atoms with Gasteiger partial charge in [-0.1, -0.05) is 6.58 Å². The number of rotatable bonds is 8. The topological polar surface area (TPSA) is 106 Å². The molecular formula is C19H24N4O6. The first-order chi connectivity index (χ1) is 14.0. The molecule has 3 rings (SSSR count). The Kier molecular flexibility index (Phi) is 6.23. The quantitative estimate of drug-likeness (QED) is 0.519. The van der Waals surface area contributed by atoms with Gasteiger partial charge in [0.2, 0.25) is 11.7 Å². The molecule has 0 radical (unpaired) electrons. The van der Waals surface area contributed by atoms with Crippen molar-refractivity contribution in [1.29, 1.82) is 0 Å². The maximum absolute atomic E-state index is 12.9. The number of methoxy groups -OCH3 is 4. The summed E-state index contributed by atoms with van der Waals surface area (Å²) in [6, 6.07) is 2.96. The molecule has 2 aromatic rings. The molecule has 0 amide bonds. The molecule has 0 spiro atoms. The lowest BCUT2D eigenvalue weighted by atomic mass is 9.89. The van der Waals surface area contributed by atoms with Crippen LogP contribution in [0.3, 0.4) is 0 Å². The van der Waals surface area contributed by atoms with E-state index in [1.165, 1.54) is 34.8 Å². The van der Waals surface area contributed by atoms with E-state index in [1.807, 2.05) is 0 Å². The molecule has 0 saturated carbocycles. The van der Waals surface area contributed by atoms with Crippen molar-refractivity contribution in [3.63, 3.8) is 0 Å². The maximum Gasteiger partial charge on any atom is 0.317 e. The van der Waals surface area contributed by atoms with Crippen LogP contribution in [-0.2, 0) is 14.3 Å². The summed E-state index contributed by atoms with van der Waals surface area (Å²) < 4.78 is 28.3. The molecule has 10 heteroatoms. The summed E-state index contributed by atoms with van der Waals surface area (Å²) >= 11 is 0. The smallest absolute Gasteiger partial charge is 0.317 e. The van der Waals surface area contributed by atoms with Crippen LogP contribution in [0.4, 0.5) is 5.95 Å². The molecular weight excluding hydrogens is 380 g/mol. The van der Waals surface area contributed by atoms with E-state index in [-0.39, 0.29) is 6.61 Å². The van der Waals surface area contributed by atoms with Crippen molar-refractivity contribution >= 4 is 11.9 Å². The predicted octanol–water partition coefficient (Wildman–Crippen LogP) is 1.64. The van der Waals surface area contributed by atoms with E-state index in [0.717, 1.165) is 0 Å². The molecule has 1 aromatic heterocycles. The van der Waals surface area contributed by atoms with Crippen molar-refractivity contribution in [1.82, 2.24) is 14.8 Å². The largest absolute Gasteiger partial charge is 0.493 e. The highest BCUT2D eigenvalue weighted by atomic mass is 16.6. The number of carbonyl (C=O) groups is 1. The third kappa shape index (κ3) is 3.83. The molecule has 156 valence electrons. The van der Waals surface area contributed by atoms with Gasteiger partial charge in [0.05, 0.1) is 34.0 Å². The molecule has 29 heavy (non-hydrogen) atoms. The van der Waals surface area contributed by atoms with Crippen LogP contribution >= 0.6 is 0 Å². The predicted molar refractivity (Wildman–Crippen MR) is 103 cm³/mol. The Labute approximate surface area is 168 Å². The number of anilines is 1. The Hall–Kier alpha value is -3.27. The Morgan fingerprint density at radius 1 is 1.14 bits per heavy atom. The van der Waals surface area contributed by atoms with Crippen molar-refractivity contribution in [3.8, 4) is 17.2 Å². The molecule has 1 aromatic carbocycles. The Morgan fingerprint density at radius 2 is 1.83 bits per heavy atom. The first kappa shape index (κ1) is 20.5. The van der Waals surface area contributed by atoms with Gasteiger partial charge in [-0.3, -0.25) is 4.79 Å². The first-order valence-corrected chi connectivity index (χ1v) is 8.86. The zero-order valence-corrected chi connectivity index (χ0v) is 16.8. The SMILES string of the molecule is C=C1Nc2ncnn2[C@@H](c2cc(OC)c(OC)c(OC)c2)[C@@H]1C(=O)OCCOC. The van der Waals surface area contributed by atoms with Crippen LogP contribution in [0.5, 0.6) is 17.2 Å². The Balaban J connectivity index is 2.10. The Bertz CT molecular complexity index is 872. The number of nitrogens with zero attached hydrogens (tertiary/aromatic N) is 3. The fourth-order valence-corrected chi connectivity index (χ4v) is 3.29. The molecule has 0 bridgehead atoms. The van der Waals surface area contributed by atoms with Gasteiger partial charge >= 0.3 is 5.97 Å². The molecule has 1 aliphatic rings. The van der Waals surface area contributed by atoms with Gasteiger partial charge in [0, 0.05) is 12.8 Å². The number of esters is 1. The van der Waals surface area contributed by atoms with E-state index < -0.39 is 17.9 Å². The van der Waals surface area contributed by atoms with E-state index in [2.05, 4.69) is 22.0 Å². The van der Waals surface area contributed by atoms with Crippen LogP contribution in [0.2, 0.25) is 0 Å². The molecule has 2 heterocycles. The summed E-state index contributed by atoms with van der Waals surface area (Å²) in [6.07, 6.45) is 1.40. The molecule has 0 saturated heterocycles. The van der Waals surface area contributed by atoms with Crippen molar-refractivity contribution in [2.24, 2.45) is 5.92 Å². The summed E-state index contributed by atoms with van der Waals surface area (Å²) in [5, 5.41) is 7.30. The highest BCUT2D eigenvalue weighted by Crippen LogP contribution is 2.44. The highest BCUT2D eigenvalue weighted by Gasteiger charge is 2.41. The van der Waals surface area contributed by atoms with Crippen LogP contribution < -0.4 is 19.5 Å². The number of benzene rings is 1. The van der Waals surface area contributed by atoms with Crippen LogP contribution in [0.25, 0.3) is 0 Å². The molecule has 0 fully saturated rings. The van der Waals surface area contributed by atoms with Crippen LogP contribution in [0.15, 0.2) is 30.7 Å². The second-order valence-corrected chi connectivity index (χ2v) is 6.22. The van der Waals surface area contributed by atoms with Gasteiger partial charge in [-0.05, 0) is 17.7 Å². The number of ether oxygens (including phenoxy) is 5. The molecule has 2 atom stereocenters. The molecule has 0 unspecified atom stereocenters. The van der Waals surface area contributed by atoms with Crippen LogP contribution in [0.1, 0.15) is 11.6 Å². The van der Waals surface area contributed by atoms with Gasteiger partial charge < -0.3 is 29.0 Å². The number of aromatic nitrogens is 3. The van der Waals surface area contributed by atoms with Crippen molar-refractivity contribution in [3.05, 3.63) is 36.3 Å². The van der Waals surface area contributed by atoms with Gasteiger partial charge in [0.15, 0.2) is 11.5 Å². The average molecular weight is 404 g/mol. The standard InChI is InChI=1S/C19H24N4O6/c1-11-15(18(24)29-7-6-25-2)16(23-19(22-11)20-10-21-23)12-8-13(26-3)17(28-5)14(9-12)27-4/h8-10,15-16H,1,6-7H2,2-5H3,(H,20,21,22)/t15-,16+/m1/s1. The Morgan fingerprint density at radius 3 is 2.41 bits per heavy atom. The van der Waals surface area contributed by atoms with Crippen molar-refractivity contribution in [2.45, 2.75) is 6.04 Å². The van der Waals surface area contributed by atoms with E-state index in [9.17, 15) is 4.79 Å². The van der Waals surface area contributed by atoms with Gasteiger partial charge in [0.25, 0.3) is 0 Å². The lowest BCUT2D eigenvalue weighted by Gasteiger charge is -2.33. The second-order valence-electron chi connectivity index (χ2n) is 6.22. The minimum atomic E-state index is -0.760. The third-order valence-corrected chi connectivity index (χ3v) is 4.61. The number of fused-ring (bicyclic) bond motifs is 1. The third-order valence-electron chi connectivity index (χ3n) is 4.61. The van der Waals surface area contributed by atoms with Gasteiger partial charge in [-0.15, -0.1) is 0 Å². The fourth-order valence-electron chi connectivity index (χ4n) is 3.29. The van der Waals surface area contributed by atoms with E-state index in [0.29, 0.717) is 41.1 Å². The number of hydrogen-bond donors (Lipinski definition) is 1. The van der Waals surface area contributed by atoms with E-state index in [1.54, 1.807) is 16.8 Å². The van der Waals surface area contributed by atoms with E-state index in [4.69, 9.17) is 23.7 Å². The highest BCUT2D eigenvalue weighted by molar-refractivity contribution is 5.79. The summed E-state index contributed by atoms with van der Waals surface area (Å²) in [7, 11) is 6.12. The lowest BCUT2D eigenvalue weighted by Crippen LogP contribution is -2.38. The normalized spacial score (nSPS) is 17.9. The summed E-state index contributed by atoms with van der Waals surface area (Å²) in [4.78, 5) is 17.1. The summed E-state index contributed by atoms with van der Waals surface area (Å²) in [5.74, 6) is 0.612. The first-order valence-electron chi connectivity index (χ1n) is 8.86. The fraction of sp³-hybridized carbons (Fsp3) is 0.421. The molecule has 0 aliphatic carbocycles. The number of nitrogens with one attached hydrogen (secondary N) is 1. The number of carbonyl (C=O) groups excluding carboxylic acids is 1. The van der Waals surface area contributed by atoms with Crippen LogP contribution in [-0.4, -0.2) is 62.4 Å². The summed E-state index contributed by atoms with van der Waals surface area (Å²) in [6.45, 7) is 4.43. The molecule has 10 nitrogen and oxygen atoms in total. The molecule has 1 N–H and O–H groups in total. The molecule has 1 aliphatic heterocycles. The zero-order valence-electron chi connectivity index (χ0n) is 16.8. The van der Waals surface area contributed by atoms with Crippen LogP contribution in [0, 0.1) is 5.92 Å². The second kappa shape index (κ2) is 8.82. The monoisotopic (exact) mass is 404 g/mol. The van der Waals surface area contributed by atoms with Crippen molar-refractivity contribution in [2.75, 3.05) is 47.0 Å². The maximum atomic E-state index is 12.9. The van der Waals surface area contributed by atoms with E-state index >= 15 is 0 Å². The summed E-state index contributed by atoms with van der Waals surface area (Å²) in [5.41, 5.74) is 1.15. The average Bonchev–Trinajstić information content (AvgIpc) is 3.19.